The zero-order valence-corrected chi connectivity index (χ0v) is 25.3. The van der Waals surface area contributed by atoms with Gasteiger partial charge in [-0.1, -0.05) is 23.7 Å². The summed E-state index contributed by atoms with van der Waals surface area (Å²) in [5.74, 6) is -0.392. The number of alkyl carbamates (subject to hydrolysis) is 1. The van der Waals surface area contributed by atoms with E-state index in [1.807, 2.05) is 0 Å². The minimum absolute atomic E-state index is 0.00350. The summed E-state index contributed by atoms with van der Waals surface area (Å²) in [5.41, 5.74) is -0.163. The maximum absolute atomic E-state index is 13.6. The number of carbonyl (C=O) groups excluding carboxylic acids is 3. The number of rotatable bonds is 5. The number of thioether (sulfide) groups is 1. The SMILES string of the molecule is CC(C)(C)OC(=O)NC1CCCC(N2C(=O)SC(=Cc3ccc4c(cnn4Cc4ccc(Cl)cc4C(F)(F)F)c3)C2=O)C1. The summed E-state index contributed by atoms with van der Waals surface area (Å²) >= 11 is 6.66. The molecule has 1 saturated heterocycles. The zero-order chi connectivity index (χ0) is 31.1. The second-order valence-electron chi connectivity index (χ2n) is 11.6. The number of benzene rings is 2. The van der Waals surface area contributed by atoms with E-state index in [-0.39, 0.29) is 39.4 Å². The first-order valence-corrected chi connectivity index (χ1v) is 15.0. The number of alkyl halides is 3. The monoisotopic (exact) mass is 634 g/mol. The fourth-order valence-corrected chi connectivity index (χ4v) is 6.45. The van der Waals surface area contributed by atoms with Gasteiger partial charge >= 0.3 is 12.3 Å². The van der Waals surface area contributed by atoms with E-state index in [9.17, 15) is 27.6 Å². The van der Waals surface area contributed by atoms with Crippen LogP contribution in [-0.4, -0.2) is 49.6 Å². The molecule has 1 aromatic heterocycles. The normalized spacial score (nSPS) is 20.7. The van der Waals surface area contributed by atoms with E-state index in [1.165, 1.54) is 21.7 Å². The molecule has 0 bridgehead atoms. The van der Waals surface area contributed by atoms with Crippen LogP contribution in [0.25, 0.3) is 17.0 Å². The number of ether oxygens (including phenoxy) is 1. The molecule has 3 aromatic rings. The van der Waals surface area contributed by atoms with Crippen molar-refractivity contribution < 1.29 is 32.3 Å². The highest BCUT2D eigenvalue weighted by molar-refractivity contribution is 8.18. The van der Waals surface area contributed by atoms with Crippen molar-refractivity contribution in [3.63, 3.8) is 0 Å². The Balaban J connectivity index is 1.30. The largest absolute Gasteiger partial charge is 0.444 e. The molecule has 2 aromatic carbocycles. The standard InChI is InChI=1S/C30H30ClF3N4O4S/c1-29(2,3)42-27(40)36-21-5-4-6-22(14-21)38-26(39)25(43-28(38)41)12-17-7-10-24-19(11-17)15-35-37(24)16-18-8-9-20(31)13-23(18)30(32,33)34/h7-13,15,21-22H,4-6,14,16H2,1-3H3,(H,36,40). The van der Waals surface area contributed by atoms with Crippen molar-refractivity contribution in [2.75, 3.05) is 0 Å². The first kappa shape index (κ1) is 30.9. The summed E-state index contributed by atoms with van der Waals surface area (Å²) < 4.78 is 47.5. The second-order valence-corrected chi connectivity index (χ2v) is 13.1. The number of aromatic nitrogens is 2. The number of nitrogens with one attached hydrogen (secondary N) is 1. The Hall–Kier alpha value is -3.51. The Kier molecular flexibility index (Phi) is 8.54. The number of hydrogen-bond acceptors (Lipinski definition) is 6. The number of amides is 3. The minimum Gasteiger partial charge on any atom is -0.444 e. The summed E-state index contributed by atoms with van der Waals surface area (Å²) in [4.78, 5) is 40.0. The highest BCUT2D eigenvalue weighted by Gasteiger charge is 2.42. The molecule has 8 nitrogen and oxygen atoms in total. The number of fused-ring (bicyclic) bond motifs is 1. The molecule has 0 spiro atoms. The number of halogens is 4. The van der Waals surface area contributed by atoms with Gasteiger partial charge in [-0.15, -0.1) is 0 Å². The highest BCUT2D eigenvalue weighted by Crippen LogP contribution is 2.38. The summed E-state index contributed by atoms with van der Waals surface area (Å²) in [6.45, 7) is 5.22. The third-order valence-corrected chi connectivity index (χ3v) is 8.34. The van der Waals surface area contributed by atoms with Crippen LogP contribution in [0.3, 0.4) is 0 Å². The van der Waals surface area contributed by atoms with Gasteiger partial charge in [0.05, 0.1) is 28.7 Å². The maximum Gasteiger partial charge on any atom is 0.416 e. The molecule has 228 valence electrons. The quantitative estimate of drug-likeness (QED) is 0.290. The lowest BCUT2D eigenvalue weighted by Crippen LogP contribution is -2.48. The molecule has 3 amide bonds. The lowest BCUT2D eigenvalue weighted by molar-refractivity contribution is -0.138. The molecule has 2 unspecified atom stereocenters. The fraction of sp³-hybridized carbons (Fsp3) is 0.400. The molecule has 2 atom stereocenters. The maximum atomic E-state index is 13.6. The van der Waals surface area contributed by atoms with Crippen LogP contribution in [0, 0.1) is 0 Å². The van der Waals surface area contributed by atoms with Gasteiger partial charge in [0.15, 0.2) is 0 Å². The highest BCUT2D eigenvalue weighted by atomic mass is 35.5. The van der Waals surface area contributed by atoms with E-state index in [1.54, 1.807) is 51.2 Å². The molecule has 5 rings (SSSR count). The molecule has 1 aliphatic heterocycles. The topological polar surface area (TPSA) is 93.5 Å². The molecule has 1 N–H and O–H groups in total. The van der Waals surface area contributed by atoms with Gasteiger partial charge < -0.3 is 10.1 Å². The average Bonchev–Trinajstić information content (AvgIpc) is 3.42. The van der Waals surface area contributed by atoms with Crippen LogP contribution in [0.5, 0.6) is 0 Å². The molecule has 1 saturated carbocycles. The van der Waals surface area contributed by atoms with Crippen molar-refractivity contribution in [2.24, 2.45) is 0 Å². The summed E-state index contributed by atoms with van der Waals surface area (Å²) in [6, 6.07) is 8.30. The summed E-state index contributed by atoms with van der Waals surface area (Å²) in [7, 11) is 0. The Morgan fingerprint density at radius 2 is 1.93 bits per heavy atom. The van der Waals surface area contributed by atoms with Crippen molar-refractivity contribution in [3.8, 4) is 0 Å². The fourth-order valence-electron chi connectivity index (χ4n) is 5.38. The van der Waals surface area contributed by atoms with Crippen molar-refractivity contribution in [1.29, 1.82) is 0 Å². The van der Waals surface area contributed by atoms with Crippen LogP contribution in [0.2, 0.25) is 5.02 Å². The van der Waals surface area contributed by atoms with Gasteiger partial charge in [0.1, 0.15) is 5.60 Å². The molecule has 2 heterocycles. The van der Waals surface area contributed by atoms with E-state index in [2.05, 4.69) is 10.4 Å². The first-order valence-electron chi connectivity index (χ1n) is 13.8. The molecule has 13 heteroatoms. The summed E-state index contributed by atoms with van der Waals surface area (Å²) in [5, 5.41) is 7.43. The molecule has 2 aliphatic rings. The van der Waals surface area contributed by atoms with E-state index < -0.39 is 29.3 Å². The van der Waals surface area contributed by atoms with Crippen molar-refractivity contribution >= 4 is 57.6 Å². The smallest absolute Gasteiger partial charge is 0.416 e. The van der Waals surface area contributed by atoms with E-state index in [0.29, 0.717) is 29.3 Å². The Morgan fingerprint density at radius 3 is 2.65 bits per heavy atom. The van der Waals surface area contributed by atoms with Crippen molar-refractivity contribution in [3.05, 3.63) is 69.2 Å². The lowest BCUT2D eigenvalue weighted by Gasteiger charge is -2.34. The first-order chi connectivity index (χ1) is 20.2. The Bertz CT molecular complexity index is 1610. The minimum atomic E-state index is -4.56. The number of nitrogens with zero attached hydrogens (tertiary/aromatic N) is 3. The predicted molar refractivity (Wildman–Crippen MR) is 159 cm³/mol. The predicted octanol–water partition coefficient (Wildman–Crippen LogP) is 7.63. The lowest BCUT2D eigenvalue weighted by atomic mass is 9.90. The van der Waals surface area contributed by atoms with Gasteiger partial charge in [-0.2, -0.15) is 18.3 Å². The molecule has 1 aliphatic carbocycles. The Morgan fingerprint density at radius 1 is 1.16 bits per heavy atom. The molecular formula is C30H30ClF3N4O4S. The molecule has 2 fully saturated rings. The van der Waals surface area contributed by atoms with Crippen LogP contribution >= 0.6 is 23.4 Å². The number of hydrogen-bond donors (Lipinski definition) is 1. The molecular weight excluding hydrogens is 605 g/mol. The van der Waals surface area contributed by atoms with Gasteiger partial charge in [-0.3, -0.25) is 19.2 Å². The molecule has 43 heavy (non-hydrogen) atoms. The second kappa shape index (κ2) is 11.9. The summed E-state index contributed by atoms with van der Waals surface area (Å²) in [6.07, 6.45) is 0.639. The van der Waals surface area contributed by atoms with Crippen molar-refractivity contribution in [2.45, 2.75) is 76.9 Å². The Labute approximate surface area is 255 Å². The molecule has 0 radical (unpaired) electrons. The van der Waals surface area contributed by atoms with Crippen LogP contribution in [0.15, 0.2) is 47.5 Å². The van der Waals surface area contributed by atoms with E-state index >= 15 is 0 Å². The van der Waals surface area contributed by atoms with E-state index in [4.69, 9.17) is 16.3 Å². The van der Waals surface area contributed by atoms with Crippen LogP contribution in [0.1, 0.15) is 63.1 Å². The van der Waals surface area contributed by atoms with Gasteiger partial charge in [0.2, 0.25) is 0 Å². The van der Waals surface area contributed by atoms with Crippen LogP contribution < -0.4 is 5.32 Å². The third-order valence-electron chi connectivity index (χ3n) is 7.22. The van der Waals surface area contributed by atoms with Gasteiger partial charge in [0, 0.05) is 22.5 Å². The van der Waals surface area contributed by atoms with Gasteiger partial charge in [-0.05, 0) is 99.7 Å². The van der Waals surface area contributed by atoms with E-state index in [0.717, 1.165) is 30.7 Å². The zero-order valence-electron chi connectivity index (χ0n) is 23.7. The van der Waals surface area contributed by atoms with Crippen LogP contribution in [0.4, 0.5) is 22.8 Å². The van der Waals surface area contributed by atoms with Gasteiger partial charge in [0.25, 0.3) is 11.1 Å². The third kappa shape index (κ3) is 7.18. The number of imide groups is 1. The van der Waals surface area contributed by atoms with Crippen molar-refractivity contribution in [1.82, 2.24) is 20.0 Å². The number of carbonyl (C=O) groups is 3. The average molecular weight is 635 g/mol. The van der Waals surface area contributed by atoms with Crippen LogP contribution in [-0.2, 0) is 22.3 Å². The van der Waals surface area contributed by atoms with Gasteiger partial charge in [-0.25, -0.2) is 4.79 Å².